The van der Waals surface area contributed by atoms with Crippen molar-refractivity contribution in [1.29, 1.82) is 0 Å². The first-order valence-electron chi connectivity index (χ1n) is 8.56. The number of nitrogens with zero attached hydrogens (tertiary/aromatic N) is 1. The largest absolute Gasteiger partial charge is 0.496 e. The molecule has 0 radical (unpaired) electrons. The van der Waals surface area contributed by atoms with Crippen LogP contribution in [0.15, 0.2) is 42.5 Å². The first-order chi connectivity index (χ1) is 12.5. The van der Waals surface area contributed by atoms with Gasteiger partial charge in [0, 0.05) is 15.6 Å². The number of carboxylic acids is 1. The first kappa shape index (κ1) is 19.0. The normalized spacial score (nSPS) is 17.0. The molecule has 1 heterocycles. The number of aliphatic carboxylic acids is 1. The summed E-state index contributed by atoms with van der Waals surface area (Å²) >= 11 is 12.6. The van der Waals surface area contributed by atoms with Crippen LogP contribution in [0.4, 0.5) is 0 Å². The monoisotopic (exact) mass is 393 g/mol. The lowest BCUT2D eigenvalue weighted by atomic mass is 9.91. The van der Waals surface area contributed by atoms with Crippen LogP contribution in [0.3, 0.4) is 0 Å². The van der Waals surface area contributed by atoms with Crippen molar-refractivity contribution in [3.8, 4) is 5.75 Å². The van der Waals surface area contributed by atoms with E-state index in [1.54, 1.807) is 13.2 Å². The van der Waals surface area contributed by atoms with Crippen LogP contribution in [-0.4, -0.2) is 36.2 Å². The van der Waals surface area contributed by atoms with Crippen LogP contribution in [0.25, 0.3) is 0 Å². The number of ether oxygens (including phenoxy) is 1. The van der Waals surface area contributed by atoms with Crippen molar-refractivity contribution in [3.05, 3.63) is 63.6 Å². The molecule has 2 aromatic rings. The molecule has 0 saturated carbocycles. The summed E-state index contributed by atoms with van der Waals surface area (Å²) in [5.41, 5.74) is 1.95. The van der Waals surface area contributed by atoms with Gasteiger partial charge in [0.1, 0.15) is 5.75 Å². The van der Waals surface area contributed by atoms with Crippen LogP contribution in [0.5, 0.6) is 5.75 Å². The summed E-state index contributed by atoms with van der Waals surface area (Å²) in [6, 6.07) is 13.2. The molecule has 1 fully saturated rings. The summed E-state index contributed by atoms with van der Waals surface area (Å²) in [5.74, 6) is -0.225. The summed E-state index contributed by atoms with van der Waals surface area (Å²) in [5, 5.41) is 10.5. The Balaban J connectivity index is 2.01. The predicted molar refractivity (Wildman–Crippen MR) is 103 cm³/mol. The van der Waals surface area contributed by atoms with Gasteiger partial charge in [-0.15, -0.1) is 0 Å². The van der Waals surface area contributed by atoms with Gasteiger partial charge in [-0.25, -0.2) is 0 Å². The van der Waals surface area contributed by atoms with Gasteiger partial charge in [-0.1, -0.05) is 47.5 Å². The van der Waals surface area contributed by atoms with Crippen molar-refractivity contribution < 1.29 is 14.6 Å². The molecule has 138 valence electrons. The highest BCUT2D eigenvalue weighted by Gasteiger charge is 2.32. The lowest BCUT2D eigenvalue weighted by molar-refractivity contribution is -0.143. The summed E-state index contributed by atoms with van der Waals surface area (Å²) in [6.45, 7) is 1.36. The Bertz CT molecular complexity index is 788. The highest BCUT2D eigenvalue weighted by Crippen LogP contribution is 2.40. The fraction of sp³-hybridized carbons (Fsp3) is 0.350. The third kappa shape index (κ3) is 3.98. The van der Waals surface area contributed by atoms with Gasteiger partial charge >= 0.3 is 5.97 Å². The second-order valence-corrected chi connectivity index (χ2v) is 7.30. The summed E-state index contributed by atoms with van der Waals surface area (Å²) < 4.78 is 5.57. The maximum Gasteiger partial charge on any atom is 0.306 e. The molecule has 0 bridgehead atoms. The average Bonchev–Trinajstić information content (AvgIpc) is 2.64. The fourth-order valence-electron chi connectivity index (χ4n) is 3.58. The highest BCUT2D eigenvalue weighted by atomic mass is 35.5. The predicted octanol–water partition coefficient (Wildman–Crippen LogP) is 4.89. The third-order valence-corrected chi connectivity index (χ3v) is 5.50. The summed E-state index contributed by atoms with van der Waals surface area (Å²) in [6.07, 6.45) is 1.23. The van der Waals surface area contributed by atoms with E-state index in [0.29, 0.717) is 36.0 Å². The SMILES string of the molecule is COc1ccccc1C(c1ccc(Cl)cc1Cl)N1CCC(C(=O)O)CC1. The minimum absolute atomic E-state index is 0.120. The van der Waals surface area contributed by atoms with E-state index in [0.717, 1.165) is 16.9 Å². The number of methoxy groups -OCH3 is 1. The number of likely N-dealkylation sites (tertiary alicyclic amines) is 1. The first-order valence-corrected chi connectivity index (χ1v) is 9.31. The number of carbonyl (C=O) groups is 1. The molecule has 1 saturated heterocycles. The Morgan fingerprint density at radius 1 is 1.15 bits per heavy atom. The van der Waals surface area contributed by atoms with E-state index < -0.39 is 5.97 Å². The topological polar surface area (TPSA) is 49.8 Å². The van der Waals surface area contributed by atoms with Crippen molar-refractivity contribution in [3.63, 3.8) is 0 Å². The fourth-order valence-corrected chi connectivity index (χ4v) is 4.09. The lowest BCUT2D eigenvalue weighted by Gasteiger charge is -2.37. The number of carboxylic acid groups (broad SMARTS) is 1. The van der Waals surface area contributed by atoms with Crippen molar-refractivity contribution in [2.75, 3.05) is 20.2 Å². The number of rotatable bonds is 5. The van der Waals surface area contributed by atoms with E-state index in [9.17, 15) is 9.90 Å². The van der Waals surface area contributed by atoms with Gasteiger partial charge < -0.3 is 9.84 Å². The van der Waals surface area contributed by atoms with Crippen LogP contribution in [-0.2, 0) is 4.79 Å². The Labute approximate surface area is 163 Å². The molecule has 1 aliphatic rings. The third-order valence-electron chi connectivity index (χ3n) is 4.93. The van der Waals surface area contributed by atoms with Gasteiger partial charge in [0.25, 0.3) is 0 Å². The minimum atomic E-state index is -0.719. The molecule has 1 aliphatic heterocycles. The van der Waals surface area contributed by atoms with Crippen molar-refractivity contribution in [2.45, 2.75) is 18.9 Å². The zero-order chi connectivity index (χ0) is 18.7. The van der Waals surface area contributed by atoms with Crippen molar-refractivity contribution >= 4 is 29.2 Å². The van der Waals surface area contributed by atoms with Gasteiger partial charge in [-0.2, -0.15) is 0 Å². The van der Waals surface area contributed by atoms with E-state index in [4.69, 9.17) is 27.9 Å². The Morgan fingerprint density at radius 2 is 1.85 bits per heavy atom. The Morgan fingerprint density at radius 3 is 2.46 bits per heavy atom. The molecule has 0 spiro atoms. The molecule has 1 N–H and O–H groups in total. The second-order valence-electron chi connectivity index (χ2n) is 6.46. The standard InChI is InChI=1S/C20H21Cl2NO3/c1-26-18-5-3-2-4-16(18)19(15-7-6-14(21)12-17(15)22)23-10-8-13(9-11-23)20(24)25/h2-7,12-13,19H,8-11H2,1H3,(H,24,25). The minimum Gasteiger partial charge on any atom is -0.496 e. The molecule has 4 nitrogen and oxygen atoms in total. The van der Waals surface area contributed by atoms with Gasteiger partial charge in [-0.05, 0) is 49.7 Å². The zero-order valence-corrected chi connectivity index (χ0v) is 16.0. The molecule has 2 aromatic carbocycles. The van der Waals surface area contributed by atoms with Gasteiger partial charge in [0.05, 0.1) is 19.1 Å². The smallest absolute Gasteiger partial charge is 0.306 e. The number of halogens is 2. The lowest BCUT2D eigenvalue weighted by Crippen LogP contribution is -2.39. The maximum atomic E-state index is 11.3. The number of benzene rings is 2. The van der Waals surface area contributed by atoms with Gasteiger partial charge in [0.15, 0.2) is 0 Å². The van der Waals surface area contributed by atoms with Crippen LogP contribution in [0.2, 0.25) is 10.0 Å². The zero-order valence-electron chi connectivity index (χ0n) is 14.5. The molecular formula is C20H21Cl2NO3. The molecule has 26 heavy (non-hydrogen) atoms. The van der Waals surface area contributed by atoms with Crippen LogP contribution in [0, 0.1) is 5.92 Å². The van der Waals surface area contributed by atoms with E-state index in [2.05, 4.69) is 4.90 Å². The molecule has 0 aromatic heterocycles. The van der Waals surface area contributed by atoms with Crippen molar-refractivity contribution in [2.24, 2.45) is 5.92 Å². The average molecular weight is 394 g/mol. The molecule has 3 rings (SSSR count). The van der Waals surface area contributed by atoms with Crippen molar-refractivity contribution in [1.82, 2.24) is 4.90 Å². The molecule has 1 atom stereocenters. The van der Waals surface area contributed by atoms with E-state index in [1.165, 1.54) is 0 Å². The van der Waals surface area contributed by atoms with E-state index in [1.807, 2.05) is 36.4 Å². The molecule has 0 aliphatic carbocycles. The molecular weight excluding hydrogens is 373 g/mol. The molecule has 6 heteroatoms. The number of piperidine rings is 1. The van der Waals surface area contributed by atoms with Crippen LogP contribution in [0.1, 0.15) is 30.0 Å². The summed E-state index contributed by atoms with van der Waals surface area (Å²) in [4.78, 5) is 13.6. The Kier molecular flexibility index (Phi) is 6.07. The quantitative estimate of drug-likeness (QED) is 0.785. The van der Waals surface area contributed by atoms with E-state index in [-0.39, 0.29) is 12.0 Å². The highest BCUT2D eigenvalue weighted by molar-refractivity contribution is 6.35. The number of hydrogen-bond acceptors (Lipinski definition) is 3. The Hall–Kier alpha value is -1.75. The molecule has 1 unspecified atom stereocenters. The second kappa shape index (κ2) is 8.30. The van der Waals surface area contributed by atoms with Gasteiger partial charge in [-0.3, -0.25) is 9.69 Å². The number of hydrogen-bond donors (Lipinski definition) is 1. The van der Waals surface area contributed by atoms with Gasteiger partial charge in [0.2, 0.25) is 0 Å². The molecule has 0 amide bonds. The number of para-hydroxylation sites is 1. The van der Waals surface area contributed by atoms with Crippen LogP contribution < -0.4 is 4.74 Å². The summed E-state index contributed by atoms with van der Waals surface area (Å²) in [7, 11) is 1.65. The van der Waals surface area contributed by atoms with E-state index >= 15 is 0 Å². The van der Waals surface area contributed by atoms with Crippen LogP contribution >= 0.6 is 23.2 Å². The maximum absolute atomic E-state index is 11.3.